The van der Waals surface area contributed by atoms with Gasteiger partial charge in [0.25, 0.3) is 0 Å². The van der Waals surface area contributed by atoms with Crippen LogP contribution in [0.5, 0.6) is 0 Å². The quantitative estimate of drug-likeness (QED) is 0.710. The molecule has 0 unspecified atom stereocenters. The molecule has 1 aromatic carbocycles. The number of amides is 1. The second-order valence-corrected chi connectivity index (χ2v) is 7.78. The SMILES string of the molecule is Cc1noc(CN2Cc3ccccc3C[C@@H]2C(=O)NCCc2cccs2)n1. The first-order valence-electron chi connectivity index (χ1n) is 9.09. The van der Waals surface area contributed by atoms with Crippen LogP contribution in [0, 0.1) is 6.92 Å². The molecule has 3 aromatic rings. The standard InChI is InChI=1S/C20H22N4O2S/c1-14-22-19(26-23-14)13-24-12-16-6-3-2-5-15(16)11-18(24)20(25)21-9-8-17-7-4-10-27-17/h2-7,10,18H,8-9,11-13H2,1H3,(H,21,25)/t18-/m1/s1. The highest BCUT2D eigenvalue weighted by atomic mass is 32.1. The van der Waals surface area contributed by atoms with E-state index in [9.17, 15) is 4.79 Å². The average Bonchev–Trinajstić information content (AvgIpc) is 3.33. The Morgan fingerprint density at radius 2 is 2.15 bits per heavy atom. The predicted octanol–water partition coefficient (Wildman–Crippen LogP) is 2.73. The predicted molar refractivity (Wildman–Crippen MR) is 103 cm³/mol. The smallest absolute Gasteiger partial charge is 0.240 e. The van der Waals surface area contributed by atoms with Crippen LogP contribution >= 0.6 is 11.3 Å². The first-order chi connectivity index (χ1) is 13.2. The Morgan fingerprint density at radius 1 is 1.30 bits per heavy atom. The molecule has 140 valence electrons. The number of nitrogens with zero attached hydrogens (tertiary/aromatic N) is 3. The topological polar surface area (TPSA) is 71.3 Å². The number of benzene rings is 1. The summed E-state index contributed by atoms with van der Waals surface area (Å²) in [5.41, 5.74) is 2.48. The molecular formula is C20H22N4O2S. The number of thiophene rings is 1. The van der Waals surface area contributed by atoms with Gasteiger partial charge in [-0.3, -0.25) is 9.69 Å². The molecule has 2 aromatic heterocycles. The molecule has 0 saturated carbocycles. The van der Waals surface area contributed by atoms with Crippen molar-refractivity contribution in [1.82, 2.24) is 20.4 Å². The van der Waals surface area contributed by atoms with E-state index in [1.807, 2.05) is 18.2 Å². The lowest BCUT2D eigenvalue weighted by atomic mass is 9.93. The van der Waals surface area contributed by atoms with Crippen LogP contribution in [0.2, 0.25) is 0 Å². The van der Waals surface area contributed by atoms with Crippen LogP contribution in [0.1, 0.15) is 27.7 Å². The van der Waals surface area contributed by atoms with Crippen molar-refractivity contribution in [2.24, 2.45) is 0 Å². The summed E-state index contributed by atoms with van der Waals surface area (Å²) < 4.78 is 5.28. The third-order valence-electron chi connectivity index (χ3n) is 4.81. The molecule has 0 fully saturated rings. The van der Waals surface area contributed by atoms with Crippen molar-refractivity contribution >= 4 is 17.2 Å². The van der Waals surface area contributed by atoms with Gasteiger partial charge in [0.1, 0.15) is 0 Å². The zero-order valence-electron chi connectivity index (χ0n) is 15.2. The summed E-state index contributed by atoms with van der Waals surface area (Å²) in [5.74, 6) is 1.21. The van der Waals surface area contributed by atoms with Crippen molar-refractivity contribution in [1.29, 1.82) is 0 Å². The lowest BCUT2D eigenvalue weighted by molar-refractivity contribution is -0.127. The van der Waals surface area contributed by atoms with Gasteiger partial charge in [-0.15, -0.1) is 11.3 Å². The Bertz CT molecular complexity index is 906. The van der Waals surface area contributed by atoms with E-state index in [-0.39, 0.29) is 11.9 Å². The van der Waals surface area contributed by atoms with Gasteiger partial charge in [-0.2, -0.15) is 4.98 Å². The van der Waals surface area contributed by atoms with E-state index in [2.05, 4.69) is 43.9 Å². The highest BCUT2D eigenvalue weighted by molar-refractivity contribution is 7.09. The summed E-state index contributed by atoms with van der Waals surface area (Å²) in [6.07, 6.45) is 1.55. The van der Waals surface area contributed by atoms with Crippen molar-refractivity contribution < 1.29 is 9.32 Å². The number of carbonyl (C=O) groups is 1. The van der Waals surface area contributed by atoms with Gasteiger partial charge >= 0.3 is 0 Å². The van der Waals surface area contributed by atoms with Gasteiger partial charge in [0, 0.05) is 18.0 Å². The lowest BCUT2D eigenvalue weighted by Crippen LogP contribution is -2.50. The molecule has 1 N–H and O–H groups in total. The van der Waals surface area contributed by atoms with Crippen LogP contribution in [0.15, 0.2) is 46.3 Å². The molecule has 0 bridgehead atoms. The number of aryl methyl sites for hydroxylation is 1. The number of hydrogen-bond donors (Lipinski definition) is 1. The molecule has 1 amide bonds. The average molecular weight is 382 g/mol. The zero-order valence-corrected chi connectivity index (χ0v) is 16.0. The van der Waals surface area contributed by atoms with Gasteiger partial charge in [-0.25, -0.2) is 0 Å². The molecule has 0 spiro atoms. The van der Waals surface area contributed by atoms with E-state index < -0.39 is 0 Å². The largest absolute Gasteiger partial charge is 0.354 e. The third kappa shape index (κ3) is 4.26. The first kappa shape index (κ1) is 17.9. The van der Waals surface area contributed by atoms with Gasteiger partial charge in [0.2, 0.25) is 11.8 Å². The summed E-state index contributed by atoms with van der Waals surface area (Å²) in [7, 11) is 0. The van der Waals surface area contributed by atoms with Gasteiger partial charge in [-0.05, 0) is 42.3 Å². The van der Waals surface area contributed by atoms with Gasteiger partial charge in [0.15, 0.2) is 5.82 Å². The lowest BCUT2D eigenvalue weighted by Gasteiger charge is -2.35. The fourth-order valence-electron chi connectivity index (χ4n) is 3.46. The second-order valence-electron chi connectivity index (χ2n) is 6.75. The van der Waals surface area contributed by atoms with Crippen LogP contribution in [0.4, 0.5) is 0 Å². The summed E-state index contributed by atoms with van der Waals surface area (Å²) in [6.45, 7) is 3.61. The van der Waals surface area contributed by atoms with E-state index in [1.165, 1.54) is 16.0 Å². The number of nitrogens with one attached hydrogen (secondary N) is 1. The Kier molecular flexibility index (Phi) is 5.31. The first-order valence-corrected chi connectivity index (χ1v) is 9.97. The number of aromatic nitrogens is 2. The molecule has 1 atom stereocenters. The molecular weight excluding hydrogens is 360 g/mol. The summed E-state index contributed by atoms with van der Waals surface area (Å²) in [6, 6.07) is 12.2. The molecule has 6 nitrogen and oxygen atoms in total. The molecule has 3 heterocycles. The number of carbonyl (C=O) groups excluding carboxylic acids is 1. The molecule has 1 aliphatic rings. The van der Waals surface area contributed by atoms with E-state index in [4.69, 9.17) is 4.52 Å². The van der Waals surface area contributed by atoms with Crippen LogP contribution in [-0.2, 0) is 30.7 Å². The number of hydrogen-bond acceptors (Lipinski definition) is 6. The molecule has 0 aliphatic carbocycles. The molecule has 0 saturated heterocycles. The molecule has 0 radical (unpaired) electrons. The van der Waals surface area contributed by atoms with Crippen LogP contribution in [0.3, 0.4) is 0 Å². The molecule has 7 heteroatoms. The van der Waals surface area contributed by atoms with E-state index in [1.54, 1.807) is 18.3 Å². The highest BCUT2D eigenvalue weighted by Gasteiger charge is 2.32. The third-order valence-corrected chi connectivity index (χ3v) is 5.74. The van der Waals surface area contributed by atoms with Gasteiger partial charge < -0.3 is 9.84 Å². The maximum absolute atomic E-state index is 12.9. The Morgan fingerprint density at radius 3 is 2.89 bits per heavy atom. The summed E-state index contributed by atoms with van der Waals surface area (Å²) >= 11 is 1.72. The van der Waals surface area contributed by atoms with Gasteiger partial charge in [-0.1, -0.05) is 35.5 Å². The monoisotopic (exact) mass is 382 g/mol. The highest BCUT2D eigenvalue weighted by Crippen LogP contribution is 2.25. The minimum Gasteiger partial charge on any atom is -0.354 e. The van der Waals surface area contributed by atoms with Crippen LogP contribution in [0.25, 0.3) is 0 Å². The van der Waals surface area contributed by atoms with Crippen molar-refractivity contribution in [3.05, 3.63) is 69.5 Å². The van der Waals surface area contributed by atoms with Crippen molar-refractivity contribution in [2.45, 2.75) is 38.9 Å². The second kappa shape index (κ2) is 8.02. The minimum absolute atomic E-state index is 0.0531. The summed E-state index contributed by atoms with van der Waals surface area (Å²) in [5, 5.41) is 9.02. The summed E-state index contributed by atoms with van der Waals surface area (Å²) in [4.78, 5) is 20.6. The number of fused-ring (bicyclic) bond motifs is 1. The zero-order chi connectivity index (χ0) is 18.6. The van der Waals surface area contributed by atoms with E-state index >= 15 is 0 Å². The molecule has 27 heavy (non-hydrogen) atoms. The van der Waals surface area contributed by atoms with Crippen LogP contribution in [-0.4, -0.2) is 33.5 Å². The normalized spacial score (nSPS) is 16.9. The Hall–Kier alpha value is -2.51. The van der Waals surface area contributed by atoms with Crippen molar-refractivity contribution in [3.8, 4) is 0 Å². The maximum atomic E-state index is 12.9. The van der Waals surface area contributed by atoms with Gasteiger partial charge in [0.05, 0.1) is 12.6 Å². The Balaban J connectivity index is 1.47. The molecule has 1 aliphatic heterocycles. The fraction of sp³-hybridized carbons (Fsp3) is 0.350. The maximum Gasteiger partial charge on any atom is 0.240 e. The molecule has 4 rings (SSSR count). The van der Waals surface area contributed by atoms with Crippen LogP contribution < -0.4 is 5.32 Å². The Labute approximate surface area is 162 Å². The van der Waals surface area contributed by atoms with Crippen molar-refractivity contribution in [2.75, 3.05) is 6.54 Å². The van der Waals surface area contributed by atoms with E-state index in [0.29, 0.717) is 37.8 Å². The number of rotatable bonds is 6. The van der Waals surface area contributed by atoms with E-state index in [0.717, 1.165) is 6.42 Å². The minimum atomic E-state index is -0.240. The fourth-order valence-corrected chi connectivity index (χ4v) is 4.17. The van der Waals surface area contributed by atoms with Crippen molar-refractivity contribution in [3.63, 3.8) is 0 Å².